The lowest BCUT2D eigenvalue weighted by Crippen LogP contribution is -2.21. The second kappa shape index (κ2) is 9.98. The van der Waals surface area contributed by atoms with E-state index in [1.807, 2.05) is 0 Å². The van der Waals surface area contributed by atoms with E-state index < -0.39 is 28.5 Å². The van der Waals surface area contributed by atoms with Crippen molar-refractivity contribution in [1.82, 2.24) is 4.98 Å². The summed E-state index contributed by atoms with van der Waals surface area (Å²) in [6.07, 6.45) is 0. The standard InChI is InChI=1S/C21H21N3O7S2/c1-12-4-5-13(8-18(12)33(22,27)28)20(26)31-10-19(25)24-21-23-16(11-32-21)15-9-14(29-2)6-7-17(15)30-3/h4-9,11H,10H2,1-3H3,(H2,22,27,28)(H,23,24,25). The molecule has 3 N–H and O–H groups in total. The summed E-state index contributed by atoms with van der Waals surface area (Å²) in [5, 5.41) is 9.73. The summed E-state index contributed by atoms with van der Waals surface area (Å²) in [6.45, 7) is 0.959. The molecular formula is C21H21N3O7S2. The fourth-order valence-corrected chi connectivity index (χ4v) is 4.41. The maximum Gasteiger partial charge on any atom is 0.338 e. The molecule has 0 atom stereocenters. The number of aryl methyl sites for hydroxylation is 1. The van der Waals surface area contributed by atoms with Crippen LogP contribution >= 0.6 is 11.3 Å². The van der Waals surface area contributed by atoms with E-state index in [2.05, 4.69) is 10.3 Å². The number of hydrogen-bond acceptors (Lipinski definition) is 9. The zero-order chi connectivity index (χ0) is 24.2. The molecule has 0 bridgehead atoms. The van der Waals surface area contributed by atoms with Crippen molar-refractivity contribution < 1.29 is 32.2 Å². The number of sulfonamides is 1. The van der Waals surface area contributed by atoms with Gasteiger partial charge < -0.3 is 14.2 Å². The Balaban J connectivity index is 1.65. The lowest BCUT2D eigenvalue weighted by Gasteiger charge is -2.08. The first kappa shape index (κ1) is 24.2. The maximum atomic E-state index is 12.2. The highest BCUT2D eigenvalue weighted by Crippen LogP contribution is 2.35. The van der Waals surface area contributed by atoms with Gasteiger partial charge in [-0.2, -0.15) is 0 Å². The molecule has 10 nitrogen and oxygen atoms in total. The minimum Gasteiger partial charge on any atom is -0.497 e. The summed E-state index contributed by atoms with van der Waals surface area (Å²) in [6, 6.07) is 9.20. The van der Waals surface area contributed by atoms with Crippen molar-refractivity contribution in [3.63, 3.8) is 0 Å². The molecule has 0 radical (unpaired) electrons. The molecule has 3 rings (SSSR count). The molecule has 174 valence electrons. The van der Waals surface area contributed by atoms with Gasteiger partial charge in [-0.1, -0.05) is 6.07 Å². The van der Waals surface area contributed by atoms with Gasteiger partial charge in [-0.25, -0.2) is 23.3 Å². The molecule has 0 saturated carbocycles. The molecular weight excluding hydrogens is 470 g/mol. The molecule has 0 aliphatic rings. The number of thiazole rings is 1. The van der Waals surface area contributed by atoms with Crippen molar-refractivity contribution in [2.45, 2.75) is 11.8 Å². The van der Waals surface area contributed by atoms with Crippen molar-refractivity contribution in [3.05, 3.63) is 52.9 Å². The molecule has 33 heavy (non-hydrogen) atoms. The molecule has 1 aromatic heterocycles. The molecule has 0 aliphatic carbocycles. The summed E-state index contributed by atoms with van der Waals surface area (Å²) in [5.41, 5.74) is 1.60. The second-order valence-electron chi connectivity index (χ2n) is 6.75. The Kier molecular flexibility index (Phi) is 7.31. The van der Waals surface area contributed by atoms with E-state index in [0.29, 0.717) is 33.5 Å². The third-order valence-corrected chi connectivity index (χ3v) is 6.31. The Bertz CT molecular complexity index is 1300. The molecule has 0 aliphatic heterocycles. The highest BCUT2D eigenvalue weighted by atomic mass is 32.2. The highest BCUT2D eigenvalue weighted by molar-refractivity contribution is 7.89. The summed E-state index contributed by atoms with van der Waals surface area (Å²) < 4.78 is 38.8. The van der Waals surface area contributed by atoms with Crippen molar-refractivity contribution in [3.8, 4) is 22.8 Å². The molecule has 1 amide bonds. The van der Waals surface area contributed by atoms with Crippen LogP contribution in [0.4, 0.5) is 5.13 Å². The number of nitrogens with two attached hydrogens (primary N) is 1. The first-order valence-corrected chi connectivity index (χ1v) is 11.8. The fourth-order valence-electron chi connectivity index (χ4n) is 2.87. The molecule has 0 saturated heterocycles. The van der Waals surface area contributed by atoms with Crippen LogP contribution in [0, 0.1) is 6.92 Å². The topological polar surface area (TPSA) is 147 Å². The summed E-state index contributed by atoms with van der Waals surface area (Å²) in [5.74, 6) is -0.264. The zero-order valence-corrected chi connectivity index (χ0v) is 19.6. The lowest BCUT2D eigenvalue weighted by atomic mass is 10.1. The van der Waals surface area contributed by atoms with E-state index in [9.17, 15) is 18.0 Å². The highest BCUT2D eigenvalue weighted by Gasteiger charge is 2.18. The van der Waals surface area contributed by atoms with Gasteiger partial charge in [0, 0.05) is 10.9 Å². The van der Waals surface area contributed by atoms with Crippen LogP contribution in [0.1, 0.15) is 15.9 Å². The monoisotopic (exact) mass is 491 g/mol. The predicted octanol–water partition coefficient (Wildman–Crippen LogP) is 2.58. The summed E-state index contributed by atoms with van der Waals surface area (Å²) in [4.78, 5) is 28.6. The van der Waals surface area contributed by atoms with Gasteiger partial charge >= 0.3 is 5.97 Å². The van der Waals surface area contributed by atoms with Crippen molar-refractivity contribution >= 4 is 38.4 Å². The van der Waals surface area contributed by atoms with Crippen molar-refractivity contribution in [1.29, 1.82) is 0 Å². The Hall–Kier alpha value is -3.48. The number of anilines is 1. The van der Waals surface area contributed by atoms with E-state index >= 15 is 0 Å². The zero-order valence-electron chi connectivity index (χ0n) is 17.9. The van der Waals surface area contributed by atoms with Crippen molar-refractivity contribution in [2.75, 3.05) is 26.1 Å². The Labute approximate surface area is 194 Å². The number of methoxy groups -OCH3 is 2. The van der Waals surface area contributed by atoms with E-state index in [1.165, 1.54) is 30.6 Å². The van der Waals surface area contributed by atoms with Crippen LogP contribution in [0.25, 0.3) is 11.3 Å². The number of ether oxygens (including phenoxy) is 3. The van der Waals surface area contributed by atoms with E-state index in [4.69, 9.17) is 19.3 Å². The molecule has 3 aromatic rings. The average Bonchev–Trinajstić information content (AvgIpc) is 3.24. The quantitative estimate of drug-likeness (QED) is 0.457. The molecule has 12 heteroatoms. The SMILES string of the molecule is COc1ccc(OC)c(-c2csc(NC(=O)COC(=O)c3ccc(C)c(S(N)(=O)=O)c3)n2)c1. The minimum absolute atomic E-state index is 0.0425. The van der Waals surface area contributed by atoms with Gasteiger partial charge in [-0.3, -0.25) is 10.1 Å². The van der Waals surface area contributed by atoms with Crippen LogP contribution in [-0.4, -0.2) is 46.1 Å². The predicted molar refractivity (Wildman–Crippen MR) is 122 cm³/mol. The number of rotatable bonds is 8. The summed E-state index contributed by atoms with van der Waals surface area (Å²) in [7, 11) is -0.918. The van der Waals surface area contributed by atoms with Crippen LogP contribution in [0.15, 0.2) is 46.7 Å². The van der Waals surface area contributed by atoms with Crippen LogP contribution < -0.4 is 19.9 Å². The largest absolute Gasteiger partial charge is 0.497 e. The van der Waals surface area contributed by atoms with Crippen LogP contribution in [0.5, 0.6) is 11.5 Å². The number of benzene rings is 2. The van der Waals surface area contributed by atoms with Gasteiger partial charge in [0.25, 0.3) is 5.91 Å². The lowest BCUT2D eigenvalue weighted by molar-refractivity contribution is -0.119. The smallest absolute Gasteiger partial charge is 0.338 e. The number of amides is 1. The summed E-state index contributed by atoms with van der Waals surface area (Å²) >= 11 is 1.18. The Morgan fingerprint density at radius 3 is 2.55 bits per heavy atom. The fraction of sp³-hybridized carbons (Fsp3) is 0.190. The van der Waals surface area contributed by atoms with Crippen molar-refractivity contribution in [2.24, 2.45) is 5.14 Å². The second-order valence-corrected chi connectivity index (χ2v) is 9.14. The van der Waals surface area contributed by atoms with Gasteiger partial charge in [0.05, 0.1) is 30.4 Å². The first-order chi connectivity index (χ1) is 15.6. The number of nitrogens with zero attached hydrogens (tertiary/aromatic N) is 1. The van der Waals surface area contributed by atoms with E-state index in [-0.39, 0.29) is 10.5 Å². The van der Waals surface area contributed by atoms with Crippen LogP contribution in [0.2, 0.25) is 0 Å². The molecule has 0 unspecified atom stereocenters. The normalized spacial score (nSPS) is 11.0. The number of aromatic nitrogens is 1. The van der Waals surface area contributed by atoms with Crippen LogP contribution in [0.3, 0.4) is 0 Å². The maximum absolute atomic E-state index is 12.2. The number of hydrogen-bond donors (Lipinski definition) is 2. The van der Waals surface area contributed by atoms with E-state index in [0.717, 1.165) is 6.07 Å². The average molecular weight is 492 g/mol. The first-order valence-electron chi connectivity index (χ1n) is 9.40. The van der Waals surface area contributed by atoms with Gasteiger partial charge in [0.15, 0.2) is 11.7 Å². The number of nitrogens with one attached hydrogen (secondary N) is 1. The molecule has 2 aromatic carbocycles. The van der Waals surface area contributed by atoms with Gasteiger partial charge in [0.2, 0.25) is 10.0 Å². The minimum atomic E-state index is -4.00. The number of esters is 1. The number of carbonyl (C=O) groups excluding carboxylic acids is 2. The van der Waals surface area contributed by atoms with Gasteiger partial charge in [0.1, 0.15) is 11.5 Å². The number of primary sulfonamides is 1. The third kappa shape index (κ3) is 5.86. The molecule has 1 heterocycles. The van der Waals surface area contributed by atoms with Gasteiger partial charge in [-0.05, 0) is 42.8 Å². The third-order valence-electron chi connectivity index (χ3n) is 4.50. The molecule has 0 fully saturated rings. The Morgan fingerprint density at radius 2 is 1.88 bits per heavy atom. The van der Waals surface area contributed by atoms with Gasteiger partial charge in [-0.15, -0.1) is 11.3 Å². The van der Waals surface area contributed by atoms with Crippen LogP contribution in [-0.2, 0) is 19.6 Å². The number of carbonyl (C=O) groups is 2. The van der Waals surface area contributed by atoms with E-state index in [1.54, 1.807) is 37.6 Å². The molecule has 0 spiro atoms. The Morgan fingerprint density at radius 1 is 1.12 bits per heavy atom.